The van der Waals surface area contributed by atoms with Crippen LogP contribution in [0.3, 0.4) is 0 Å². The van der Waals surface area contributed by atoms with E-state index >= 15 is 0 Å². The Balaban J connectivity index is 1.03. The van der Waals surface area contributed by atoms with Crippen LogP contribution in [0.5, 0.6) is 0 Å². The smallest absolute Gasteiger partial charge is 0.164 e. The third-order valence-corrected chi connectivity index (χ3v) is 14.3. The summed E-state index contributed by atoms with van der Waals surface area (Å²) in [6.07, 6.45) is 0. The first-order valence-electron chi connectivity index (χ1n) is 24.0. The fraction of sp³-hybridized carbons (Fsp3) is 0. The second-order valence-corrected chi connectivity index (χ2v) is 18.3. The third-order valence-electron chi connectivity index (χ3n) is 14.3. The van der Waals surface area contributed by atoms with E-state index in [9.17, 15) is 0 Å². The molecule has 0 aliphatic heterocycles. The number of aromatic nitrogens is 5. The summed E-state index contributed by atoms with van der Waals surface area (Å²) < 4.78 is 11.6. The van der Waals surface area contributed by atoms with Gasteiger partial charge in [0.05, 0.1) is 22.1 Å². The van der Waals surface area contributed by atoms with Crippen LogP contribution >= 0.6 is 0 Å². The maximum absolute atomic E-state index is 6.83. The summed E-state index contributed by atoms with van der Waals surface area (Å²) in [5.74, 6) is 1.76. The molecule has 0 bridgehead atoms. The lowest BCUT2D eigenvalue weighted by Crippen LogP contribution is -2.02. The van der Waals surface area contributed by atoms with Crippen molar-refractivity contribution in [2.45, 2.75) is 0 Å². The number of benzene rings is 11. The molecule has 6 heteroatoms. The van der Waals surface area contributed by atoms with E-state index in [0.717, 1.165) is 105 Å². The van der Waals surface area contributed by atoms with Crippen LogP contribution < -0.4 is 0 Å². The molecule has 71 heavy (non-hydrogen) atoms. The van der Waals surface area contributed by atoms with Crippen molar-refractivity contribution in [1.82, 2.24) is 24.1 Å². The van der Waals surface area contributed by atoms with Crippen molar-refractivity contribution in [1.29, 1.82) is 0 Å². The van der Waals surface area contributed by atoms with E-state index in [1.54, 1.807) is 0 Å². The lowest BCUT2D eigenvalue weighted by atomic mass is 9.91. The molecule has 6 nitrogen and oxygen atoms in total. The first-order valence-corrected chi connectivity index (χ1v) is 24.0. The number of rotatable bonds is 6. The summed E-state index contributed by atoms with van der Waals surface area (Å²) in [6, 6.07) is 83.9. The van der Waals surface area contributed by atoms with Crippen molar-refractivity contribution in [3.63, 3.8) is 0 Å². The van der Waals surface area contributed by atoms with Gasteiger partial charge in [0.25, 0.3) is 0 Å². The summed E-state index contributed by atoms with van der Waals surface area (Å²) in [4.78, 5) is 16.2. The molecule has 0 unspecified atom stereocenters. The fourth-order valence-electron chi connectivity index (χ4n) is 11.1. The van der Waals surface area contributed by atoms with E-state index < -0.39 is 0 Å². The van der Waals surface area contributed by atoms with Crippen LogP contribution in [0.25, 0.3) is 144 Å². The van der Waals surface area contributed by atoms with Gasteiger partial charge < -0.3 is 13.6 Å². The highest BCUT2D eigenvalue weighted by molar-refractivity contribution is 6.22. The highest BCUT2D eigenvalue weighted by Crippen LogP contribution is 2.46. The lowest BCUT2D eigenvalue weighted by Gasteiger charge is -2.17. The minimum Gasteiger partial charge on any atom is -0.455 e. The molecule has 0 atom stereocenters. The van der Waals surface area contributed by atoms with Crippen molar-refractivity contribution in [3.05, 3.63) is 237 Å². The van der Waals surface area contributed by atoms with Crippen LogP contribution in [0.15, 0.2) is 241 Å². The zero-order valence-corrected chi connectivity index (χ0v) is 38.2. The van der Waals surface area contributed by atoms with Gasteiger partial charge in [-0.2, -0.15) is 0 Å². The predicted octanol–water partition coefficient (Wildman–Crippen LogP) is 16.9. The molecule has 4 aromatic heterocycles. The Bertz CT molecular complexity index is 4640. The van der Waals surface area contributed by atoms with Gasteiger partial charge in [-0.05, 0) is 112 Å². The standard InChI is InChI=1S/C65H39N5O/c1-3-17-40(18-4-1)63-66-64(44-31-34-58-53(37-44)48-25-11-14-28-56(48)69(58)45-22-5-2-6-23-45)68-65(67-63)50-33-32-46(70-57-29-15-12-26-49(57)54-35-41-19-7-8-20-42(41)38-59(54)70)39-52(50)55-36-43-21-9-10-24-47(43)62-61(55)51-27-13-16-30-60(51)71-62/h1-39H. The van der Waals surface area contributed by atoms with Crippen LogP contribution in [0.4, 0.5) is 0 Å². The van der Waals surface area contributed by atoms with E-state index in [4.69, 9.17) is 19.4 Å². The minimum absolute atomic E-state index is 0.574. The van der Waals surface area contributed by atoms with Crippen molar-refractivity contribution in [3.8, 4) is 56.7 Å². The molecule has 15 aromatic rings. The van der Waals surface area contributed by atoms with Gasteiger partial charge in [0.1, 0.15) is 11.2 Å². The van der Waals surface area contributed by atoms with Crippen LogP contribution in [-0.2, 0) is 0 Å². The van der Waals surface area contributed by atoms with Crippen LogP contribution in [0.1, 0.15) is 0 Å². The maximum atomic E-state index is 6.83. The van der Waals surface area contributed by atoms with Gasteiger partial charge >= 0.3 is 0 Å². The average Bonchev–Trinajstić information content (AvgIpc) is 4.10. The van der Waals surface area contributed by atoms with Gasteiger partial charge in [-0.15, -0.1) is 0 Å². The summed E-state index contributed by atoms with van der Waals surface area (Å²) in [5, 5.41) is 11.3. The third kappa shape index (κ3) is 6.11. The molecule has 0 N–H and O–H groups in total. The molecular weight excluding hydrogens is 867 g/mol. The molecule has 0 amide bonds. The van der Waals surface area contributed by atoms with E-state index in [0.29, 0.717) is 17.5 Å². The Kier molecular flexibility index (Phi) is 8.56. The fourth-order valence-corrected chi connectivity index (χ4v) is 11.1. The van der Waals surface area contributed by atoms with Gasteiger partial charge in [-0.25, -0.2) is 15.0 Å². The van der Waals surface area contributed by atoms with Gasteiger partial charge in [0.15, 0.2) is 17.5 Å². The van der Waals surface area contributed by atoms with Crippen LogP contribution in [0.2, 0.25) is 0 Å². The van der Waals surface area contributed by atoms with Gasteiger partial charge in [0, 0.05) is 65.8 Å². The molecule has 0 fully saturated rings. The topological polar surface area (TPSA) is 61.7 Å². The number of para-hydroxylation sites is 4. The molecule has 330 valence electrons. The summed E-state index contributed by atoms with van der Waals surface area (Å²) in [6.45, 7) is 0. The number of hydrogen-bond donors (Lipinski definition) is 0. The molecule has 0 saturated heterocycles. The Labute approximate surface area is 407 Å². The Morgan fingerprint density at radius 3 is 1.62 bits per heavy atom. The zero-order chi connectivity index (χ0) is 46.6. The van der Waals surface area contributed by atoms with E-state index in [1.807, 2.05) is 24.3 Å². The number of fused-ring (bicyclic) bond motifs is 12. The predicted molar refractivity (Wildman–Crippen MR) is 293 cm³/mol. The Morgan fingerprint density at radius 1 is 0.296 bits per heavy atom. The number of furan rings is 1. The molecule has 0 spiro atoms. The Hall–Kier alpha value is -9.65. The summed E-state index contributed by atoms with van der Waals surface area (Å²) in [7, 11) is 0. The lowest BCUT2D eigenvalue weighted by molar-refractivity contribution is 0.673. The van der Waals surface area contributed by atoms with Crippen molar-refractivity contribution in [2.24, 2.45) is 0 Å². The maximum Gasteiger partial charge on any atom is 0.164 e. The molecule has 15 rings (SSSR count). The largest absolute Gasteiger partial charge is 0.455 e. The number of nitrogens with zero attached hydrogens (tertiary/aromatic N) is 5. The molecule has 4 heterocycles. The van der Waals surface area contributed by atoms with Gasteiger partial charge in [-0.1, -0.05) is 152 Å². The van der Waals surface area contributed by atoms with Crippen molar-refractivity contribution in [2.75, 3.05) is 0 Å². The molecule has 0 saturated carbocycles. The SMILES string of the molecule is c1ccc(-c2nc(-c3ccc4c(c3)c3ccccc3n4-c3ccccc3)nc(-c3ccc(-n4c5ccccc5c5cc6ccccc6cc54)cc3-c3cc4ccccc4c4oc5ccccc5c34)n2)cc1. The minimum atomic E-state index is 0.574. The molecule has 0 aliphatic carbocycles. The Morgan fingerprint density at radius 2 is 0.859 bits per heavy atom. The van der Waals surface area contributed by atoms with Crippen molar-refractivity contribution >= 4 is 87.1 Å². The highest BCUT2D eigenvalue weighted by Gasteiger charge is 2.24. The molecule has 0 aliphatic rings. The molecule has 0 radical (unpaired) electrons. The first-order chi connectivity index (χ1) is 35.2. The number of hydrogen-bond acceptors (Lipinski definition) is 4. The molecule has 11 aromatic carbocycles. The second kappa shape index (κ2) is 15.4. The second-order valence-electron chi connectivity index (χ2n) is 18.3. The monoisotopic (exact) mass is 905 g/mol. The van der Waals surface area contributed by atoms with E-state index in [2.05, 4.69) is 221 Å². The first kappa shape index (κ1) is 39.4. The molecular formula is C65H39N5O. The quantitative estimate of drug-likeness (QED) is 0.167. The van der Waals surface area contributed by atoms with E-state index in [1.165, 1.54) is 21.5 Å². The summed E-state index contributed by atoms with van der Waals surface area (Å²) >= 11 is 0. The highest BCUT2D eigenvalue weighted by atomic mass is 16.3. The van der Waals surface area contributed by atoms with Crippen LogP contribution in [-0.4, -0.2) is 24.1 Å². The van der Waals surface area contributed by atoms with Crippen molar-refractivity contribution < 1.29 is 4.42 Å². The van der Waals surface area contributed by atoms with Crippen LogP contribution in [0, 0.1) is 0 Å². The zero-order valence-electron chi connectivity index (χ0n) is 38.2. The van der Waals surface area contributed by atoms with E-state index in [-0.39, 0.29) is 0 Å². The summed E-state index contributed by atoms with van der Waals surface area (Å²) in [5.41, 5.74) is 13.0. The average molecular weight is 906 g/mol. The normalized spacial score (nSPS) is 11.9. The van der Waals surface area contributed by atoms with Gasteiger partial charge in [0.2, 0.25) is 0 Å². The van der Waals surface area contributed by atoms with Gasteiger partial charge in [-0.3, -0.25) is 0 Å².